The highest BCUT2D eigenvalue weighted by Crippen LogP contribution is 2.12. The molecule has 0 radical (unpaired) electrons. The number of nitrogens with two attached hydrogens (primary N) is 1. The van der Waals surface area contributed by atoms with Crippen molar-refractivity contribution >= 4 is 17.8 Å². The Morgan fingerprint density at radius 1 is 1.00 bits per heavy atom. The quantitative estimate of drug-likeness (QED) is 0.402. The van der Waals surface area contributed by atoms with Gasteiger partial charge >= 0.3 is 5.97 Å². The molecule has 8 heteroatoms. The van der Waals surface area contributed by atoms with Crippen molar-refractivity contribution in [3.8, 4) is 5.75 Å². The molecule has 0 aliphatic rings. The van der Waals surface area contributed by atoms with Crippen LogP contribution in [-0.4, -0.2) is 46.1 Å². The average molecular weight is 393 g/mol. The summed E-state index contributed by atoms with van der Waals surface area (Å²) in [4.78, 5) is 36.6. The minimum Gasteiger partial charge on any atom is -0.508 e. The van der Waals surface area contributed by atoms with Crippen LogP contribution in [-0.2, 0) is 20.8 Å². The van der Waals surface area contributed by atoms with Crippen molar-refractivity contribution in [2.45, 2.75) is 58.7 Å². The molecule has 2 amide bonds. The second-order valence-corrected chi connectivity index (χ2v) is 7.74. The van der Waals surface area contributed by atoms with E-state index in [1.54, 1.807) is 26.0 Å². The predicted molar refractivity (Wildman–Crippen MR) is 106 cm³/mol. The summed E-state index contributed by atoms with van der Waals surface area (Å²) < 4.78 is 0. The molecule has 8 nitrogen and oxygen atoms in total. The molecule has 3 atom stereocenters. The van der Waals surface area contributed by atoms with E-state index < -0.39 is 35.9 Å². The minimum absolute atomic E-state index is 0.0819. The van der Waals surface area contributed by atoms with Crippen LogP contribution >= 0.6 is 0 Å². The topological polar surface area (TPSA) is 142 Å². The number of phenolic OH excluding ortho intramolecular Hbond substituents is 1. The molecule has 0 unspecified atom stereocenters. The highest BCUT2D eigenvalue weighted by atomic mass is 16.4. The molecule has 6 N–H and O–H groups in total. The molecule has 0 heterocycles. The van der Waals surface area contributed by atoms with E-state index in [0.29, 0.717) is 12.0 Å². The molecule has 0 spiro atoms. The third-order valence-corrected chi connectivity index (χ3v) is 4.30. The van der Waals surface area contributed by atoms with Crippen molar-refractivity contribution in [2.75, 3.05) is 0 Å². The van der Waals surface area contributed by atoms with E-state index in [4.69, 9.17) is 5.73 Å². The number of rotatable bonds is 10. The van der Waals surface area contributed by atoms with E-state index in [9.17, 15) is 24.6 Å². The van der Waals surface area contributed by atoms with E-state index in [2.05, 4.69) is 10.6 Å². The number of carboxylic acid groups (broad SMARTS) is 1. The Bertz CT molecular complexity index is 673. The van der Waals surface area contributed by atoms with E-state index >= 15 is 0 Å². The van der Waals surface area contributed by atoms with Crippen LogP contribution in [0, 0.1) is 11.8 Å². The molecule has 0 fully saturated rings. The first-order valence-corrected chi connectivity index (χ1v) is 9.38. The first-order valence-electron chi connectivity index (χ1n) is 9.38. The molecule has 0 bridgehead atoms. The van der Waals surface area contributed by atoms with Crippen molar-refractivity contribution in [2.24, 2.45) is 17.6 Å². The molecule has 0 aromatic heterocycles. The van der Waals surface area contributed by atoms with Crippen LogP contribution in [0.1, 0.15) is 39.7 Å². The van der Waals surface area contributed by atoms with E-state index in [0.717, 1.165) is 0 Å². The van der Waals surface area contributed by atoms with E-state index in [-0.39, 0.29) is 24.0 Å². The lowest BCUT2D eigenvalue weighted by molar-refractivity contribution is -0.143. The van der Waals surface area contributed by atoms with Gasteiger partial charge in [0.15, 0.2) is 0 Å². The lowest BCUT2D eigenvalue weighted by atomic mass is 10.00. The molecular formula is C20H31N3O5. The Morgan fingerprint density at radius 2 is 1.57 bits per heavy atom. The lowest BCUT2D eigenvalue weighted by Crippen LogP contribution is -2.56. The molecule has 156 valence electrons. The molecule has 1 aromatic carbocycles. The number of carboxylic acids is 1. The van der Waals surface area contributed by atoms with Crippen LogP contribution in [0.4, 0.5) is 0 Å². The Kier molecular flexibility index (Phi) is 8.91. The van der Waals surface area contributed by atoms with Gasteiger partial charge < -0.3 is 26.6 Å². The summed E-state index contributed by atoms with van der Waals surface area (Å²) >= 11 is 0. The zero-order chi connectivity index (χ0) is 21.4. The number of phenols is 1. The van der Waals surface area contributed by atoms with Gasteiger partial charge in [-0.05, 0) is 36.0 Å². The maximum Gasteiger partial charge on any atom is 0.326 e. The number of hydrogen-bond acceptors (Lipinski definition) is 5. The van der Waals surface area contributed by atoms with Gasteiger partial charge in [-0.2, -0.15) is 0 Å². The van der Waals surface area contributed by atoms with Crippen molar-refractivity contribution < 1.29 is 24.6 Å². The third kappa shape index (κ3) is 7.56. The second kappa shape index (κ2) is 10.7. The first kappa shape index (κ1) is 23.4. The van der Waals surface area contributed by atoms with E-state index in [1.165, 1.54) is 12.1 Å². The van der Waals surface area contributed by atoms with Crippen molar-refractivity contribution in [3.05, 3.63) is 29.8 Å². The Balaban J connectivity index is 2.98. The highest BCUT2D eigenvalue weighted by Gasteiger charge is 2.29. The monoisotopic (exact) mass is 393 g/mol. The maximum absolute atomic E-state index is 12.7. The number of amides is 2. The van der Waals surface area contributed by atoms with Crippen LogP contribution in [0.25, 0.3) is 0 Å². The van der Waals surface area contributed by atoms with Crippen LogP contribution in [0.5, 0.6) is 5.75 Å². The van der Waals surface area contributed by atoms with Gasteiger partial charge in [0.25, 0.3) is 0 Å². The minimum atomic E-state index is -1.14. The van der Waals surface area contributed by atoms with Crippen molar-refractivity contribution in [1.82, 2.24) is 10.6 Å². The van der Waals surface area contributed by atoms with Gasteiger partial charge in [-0.25, -0.2) is 4.79 Å². The summed E-state index contributed by atoms with van der Waals surface area (Å²) in [5.41, 5.74) is 6.61. The zero-order valence-corrected chi connectivity index (χ0v) is 16.8. The number of nitrogens with one attached hydrogen (secondary N) is 2. The number of carbonyl (C=O) groups excluding carboxylic acids is 2. The Labute approximate surface area is 165 Å². The molecule has 1 aromatic rings. The summed E-state index contributed by atoms with van der Waals surface area (Å²) in [6.45, 7) is 7.25. The zero-order valence-electron chi connectivity index (χ0n) is 16.8. The summed E-state index contributed by atoms with van der Waals surface area (Å²) in [5, 5.41) is 23.9. The van der Waals surface area contributed by atoms with Gasteiger partial charge in [-0.1, -0.05) is 39.8 Å². The fourth-order valence-corrected chi connectivity index (χ4v) is 2.74. The fourth-order valence-electron chi connectivity index (χ4n) is 2.74. The van der Waals surface area contributed by atoms with Crippen LogP contribution in [0.3, 0.4) is 0 Å². The molecule has 1 rings (SSSR count). The van der Waals surface area contributed by atoms with Crippen LogP contribution < -0.4 is 16.4 Å². The summed E-state index contributed by atoms with van der Waals surface area (Å²) in [6.07, 6.45) is 0.597. The van der Waals surface area contributed by atoms with Gasteiger partial charge in [0, 0.05) is 6.42 Å². The number of aliphatic carboxylic acids is 1. The summed E-state index contributed by atoms with van der Waals surface area (Å²) in [7, 11) is 0. The predicted octanol–water partition coefficient (Wildman–Crippen LogP) is 1.02. The Morgan fingerprint density at radius 3 is 2.04 bits per heavy atom. The summed E-state index contributed by atoms with van der Waals surface area (Å²) in [6, 6.07) is 3.39. The van der Waals surface area contributed by atoms with Gasteiger partial charge in [-0.3, -0.25) is 9.59 Å². The SMILES string of the molecule is CC(C)C[C@H](N)C(=O)N[C@@H](Cc1ccc(O)cc1)C(=O)N[C@H](C(=O)O)C(C)C. The molecular weight excluding hydrogens is 362 g/mol. The normalized spacial score (nSPS) is 14.4. The van der Waals surface area contributed by atoms with Crippen LogP contribution in [0.2, 0.25) is 0 Å². The number of carbonyl (C=O) groups is 3. The number of benzene rings is 1. The van der Waals surface area contributed by atoms with Gasteiger partial charge in [-0.15, -0.1) is 0 Å². The molecule has 0 aliphatic heterocycles. The van der Waals surface area contributed by atoms with E-state index in [1.807, 2.05) is 13.8 Å². The summed E-state index contributed by atoms with van der Waals surface area (Å²) in [5.74, 6) is -2.24. The standard InChI is InChI=1S/C20H31N3O5/c1-11(2)9-15(21)18(25)22-16(10-13-5-7-14(24)8-6-13)19(26)23-17(12(3)4)20(27)28/h5-8,11-12,15-17,24H,9-10,21H2,1-4H3,(H,22,25)(H,23,26)(H,27,28)/t15-,16-,17-/m0/s1. The molecule has 0 saturated heterocycles. The number of hydrogen-bond donors (Lipinski definition) is 5. The smallest absolute Gasteiger partial charge is 0.326 e. The number of aromatic hydroxyl groups is 1. The fraction of sp³-hybridized carbons (Fsp3) is 0.550. The maximum atomic E-state index is 12.7. The molecule has 0 aliphatic carbocycles. The van der Waals surface area contributed by atoms with Gasteiger partial charge in [0.2, 0.25) is 11.8 Å². The molecule has 0 saturated carbocycles. The van der Waals surface area contributed by atoms with Gasteiger partial charge in [0.05, 0.1) is 6.04 Å². The third-order valence-electron chi connectivity index (χ3n) is 4.30. The highest BCUT2D eigenvalue weighted by molar-refractivity contribution is 5.92. The second-order valence-electron chi connectivity index (χ2n) is 7.74. The van der Waals surface area contributed by atoms with Crippen molar-refractivity contribution in [1.29, 1.82) is 0 Å². The first-order chi connectivity index (χ1) is 13.0. The van der Waals surface area contributed by atoms with Gasteiger partial charge in [0.1, 0.15) is 17.8 Å². The average Bonchev–Trinajstić information content (AvgIpc) is 2.59. The largest absolute Gasteiger partial charge is 0.508 e. The van der Waals surface area contributed by atoms with Crippen LogP contribution in [0.15, 0.2) is 24.3 Å². The van der Waals surface area contributed by atoms with Crippen molar-refractivity contribution in [3.63, 3.8) is 0 Å². The lowest BCUT2D eigenvalue weighted by Gasteiger charge is -2.24. The Hall–Kier alpha value is -2.61. The molecule has 28 heavy (non-hydrogen) atoms.